The summed E-state index contributed by atoms with van der Waals surface area (Å²) >= 11 is 1.23. The number of nitrogens with one attached hydrogen (secondary N) is 1. The second-order valence-corrected chi connectivity index (χ2v) is 5.25. The summed E-state index contributed by atoms with van der Waals surface area (Å²) in [6.07, 6.45) is 7.43. The maximum absolute atomic E-state index is 11.0. The molecule has 0 aliphatic carbocycles. The average molecular weight is 270 g/mol. The van der Waals surface area contributed by atoms with Crippen molar-refractivity contribution in [3.8, 4) is 0 Å². The second-order valence-electron chi connectivity index (χ2n) is 4.47. The average Bonchev–Trinajstić information content (AvgIpc) is 2.69. The van der Waals surface area contributed by atoms with Gasteiger partial charge in [-0.25, -0.2) is 4.79 Å². The molecule has 5 heteroatoms. The van der Waals surface area contributed by atoms with Crippen LogP contribution in [-0.2, 0) is 0 Å². The molecule has 0 fully saturated rings. The number of hydrogen-bond donors (Lipinski definition) is 2. The Morgan fingerprint density at radius 3 is 2.61 bits per heavy atom. The van der Waals surface area contributed by atoms with Crippen LogP contribution in [0.15, 0.2) is 0 Å². The van der Waals surface area contributed by atoms with Crippen LogP contribution in [0.1, 0.15) is 61.5 Å². The third-order valence-corrected chi connectivity index (χ3v) is 3.79. The summed E-state index contributed by atoms with van der Waals surface area (Å²) in [5.74, 6) is -0.897. The number of unbranched alkanes of at least 4 members (excludes halogenated alkanes) is 5. The van der Waals surface area contributed by atoms with Crippen LogP contribution < -0.4 is 5.32 Å². The molecule has 1 aromatic rings. The van der Waals surface area contributed by atoms with Gasteiger partial charge in [0.15, 0.2) is 0 Å². The lowest BCUT2D eigenvalue weighted by Crippen LogP contribution is -2.06. The van der Waals surface area contributed by atoms with Gasteiger partial charge in [-0.05, 0) is 24.9 Å². The number of aryl methyl sites for hydroxylation is 1. The van der Waals surface area contributed by atoms with Crippen molar-refractivity contribution in [3.05, 3.63) is 11.3 Å². The summed E-state index contributed by atoms with van der Waals surface area (Å²) in [5.41, 5.74) is 0.920. The van der Waals surface area contributed by atoms with E-state index in [1.807, 2.05) is 0 Å². The quantitative estimate of drug-likeness (QED) is 0.668. The Labute approximate surface area is 113 Å². The Kier molecular flexibility index (Phi) is 6.72. The van der Waals surface area contributed by atoms with Crippen LogP contribution in [0.5, 0.6) is 0 Å². The topological polar surface area (TPSA) is 62.2 Å². The van der Waals surface area contributed by atoms with Crippen LogP contribution in [0.25, 0.3) is 0 Å². The van der Waals surface area contributed by atoms with E-state index in [0.717, 1.165) is 13.0 Å². The minimum Gasteiger partial charge on any atom is -0.478 e. The molecule has 18 heavy (non-hydrogen) atoms. The largest absolute Gasteiger partial charge is 0.478 e. The zero-order valence-electron chi connectivity index (χ0n) is 11.2. The van der Waals surface area contributed by atoms with Crippen molar-refractivity contribution >= 4 is 22.5 Å². The van der Waals surface area contributed by atoms with E-state index in [0.29, 0.717) is 16.3 Å². The molecule has 4 nitrogen and oxygen atoms in total. The number of aromatic carboxylic acids is 1. The molecule has 102 valence electrons. The molecule has 0 saturated carbocycles. The monoisotopic (exact) mass is 270 g/mol. The van der Waals surface area contributed by atoms with E-state index in [4.69, 9.17) is 5.11 Å². The molecule has 0 aliphatic heterocycles. The van der Waals surface area contributed by atoms with Gasteiger partial charge in [-0.15, -0.1) is 0 Å². The van der Waals surface area contributed by atoms with E-state index in [2.05, 4.69) is 16.6 Å². The SMILES string of the molecule is CCCCCCCCNc1snc(C)c1C(=O)O. The third-order valence-electron chi connectivity index (χ3n) is 2.89. The lowest BCUT2D eigenvalue weighted by Gasteiger charge is -2.04. The fraction of sp³-hybridized carbons (Fsp3) is 0.692. The summed E-state index contributed by atoms with van der Waals surface area (Å²) in [6, 6.07) is 0. The molecule has 0 radical (unpaired) electrons. The summed E-state index contributed by atoms with van der Waals surface area (Å²) < 4.78 is 4.08. The molecule has 0 amide bonds. The number of anilines is 1. The minimum atomic E-state index is -0.897. The highest BCUT2D eigenvalue weighted by Crippen LogP contribution is 2.24. The maximum Gasteiger partial charge on any atom is 0.340 e. The molecular formula is C13H22N2O2S. The van der Waals surface area contributed by atoms with Crippen LogP contribution in [0.4, 0.5) is 5.00 Å². The Bertz CT molecular complexity index is 377. The summed E-state index contributed by atoms with van der Waals surface area (Å²) in [4.78, 5) is 11.0. The normalized spacial score (nSPS) is 10.6. The molecule has 0 bridgehead atoms. The molecule has 0 unspecified atom stereocenters. The van der Waals surface area contributed by atoms with E-state index in [1.165, 1.54) is 43.6 Å². The van der Waals surface area contributed by atoms with Gasteiger partial charge in [0.2, 0.25) is 0 Å². The smallest absolute Gasteiger partial charge is 0.340 e. The maximum atomic E-state index is 11.0. The van der Waals surface area contributed by atoms with Gasteiger partial charge >= 0.3 is 5.97 Å². The number of carboxylic acids is 1. The number of carbonyl (C=O) groups is 1. The molecule has 1 rings (SSSR count). The lowest BCUT2D eigenvalue weighted by molar-refractivity contribution is 0.0697. The Balaban J connectivity index is 2.25. The van der Waals surface area contributed by atoms with E-state index < -0.39 is 5.97 Å². The molecule has 0 aromatic carbocycles. The van der Waals surface area contributed by atoms with Gasteiger partial charge in [-0.2, -0.15) is 4.37 Å². The van der Waals surface area contributed by atoms with Gasteiger partial charge < -0.3 is 10.4 Å². The third kappa shape index (κ3) is 4.64. The molecule has 0 saturated heterocycles. The van der Waals surface area contributed by atoms with Crippen LogP contribution in [0, 0.1) is 6.92 Å². The van der Waals surface area contributed by atoms with Gasteiger partial charge in [0.05, 0.1) is 5.69 Å². The summed E-state index contributed by atoms with van der Waals surface area (Å²) in [5, 5.41) is 12.9. The standard InChI is InChI=1S/C13H22N2O2S/c1-3-4-5-6-7-8-9-14-12-11(13(16)17)10(2)15-18-12/h14H,3-9H2,1-2H3,(H,16,17). The van der Waals surface area contributed by atoms with Crippen molar-refractivity contribution < 1.29 is 9.90 Å². The zero-order chi connectivity index (χ0) is 13.4. The molecule has 1 aromatic heterocycles. The van der Waals surface area contributed by atoms with Crippen molar-refractivity contribution in [2.75, 3.05) is 11.9 Å². The number of carboxylic acid groups (broad SMARTS) is 1. The molecule has 0 spiro atoms. The highest BCUT2D eigenvalue weighted by Gasteiger charge is 2.16. The van der Waals surface area contributed by atoms with Gasteiger partial charge in [0.1, 0.15) is 10.6 Å². The summed E-state index contributed by atoms with van der Waals surface area (Å²) in [7, 11) is 0. The predicted molar refractivity (Wildman–Crippen MR) is 75.7 cm³/mol. The van der Waals surface area contributed by atoms with Crippen molar-refractivity contribution in [2.45, 2.75) is 52.4 Å². The zero-order valence-corrected chi connectivity index (χ0v) is 12.0. The van der Waals surface area contributed by atoms with Crippen LogP contribution in [0.3, 0.4) is 0 Å². The van der Waals surface area contributed by atoms with Gasteiger partial charge in [0.25, 0.3) is 0 Å². The van der Waals surface area contributed by atoms with Crippen molar-refractivity contribution in [2.24, 2.45) is 0 Å². The fourth-order valence-corrected chi connectivity index (χ4v) is 2.66. The Morgan fingerprint density at radius 2 is 1.94 bits per heavy atom. The van der Waals surface area contributed by atoms with Crippen LogP contribution in [0.2, 0.25) is 0 Å². The van der Waals surface area contributed by atoms with Gasteiger partial charge in [-0.1, -0.05) is 39.0 Å². The summed E-state index contributed by atoms with van der Waals surface area (Å²) in [6.45, 7) is 4.77. The first kappa shape index (κ1) is 15.0. The van der Waals surface area contributed by atoms with E-state index >= 15 is 0 Å². The number of aromatic nitrogens is 1. The van der Waals surface area contributed by atoms with E-state index in [-0.39, 0.29) is 0 Å². The van der Waals surface area contributed by atoms with E-state index in [9.17, 15) is 4.79 Å². The molecule has 0 aliphatic rings. The van der Waals surface area contributed by atoms with E-state index in [1.54, 1.807) is 6.92 Å². The van der Waals surface area contributed by atoms with Crippen LogP contribution in [-0.4, -0.2) is 22.0 Å². The molecular weight excluding hydrogens is 248 g/mol. The first-order valence-corrected chi connectivity index (χ1v) is 7.37. The first-order valence-electron chi connectivity index (χ1n) is 6.60. The number of rotatable bonds is 9. The molecule has 2 N–H and O–H groups in total. The number of nitrogens with zero attached hydrogens (tertiary/aromatic N) is 1. The molecule has 0 atom stereocenters. The fourth-order valence-electron chi connectivity index (χ4n) is 1.85. The Morgan fingerprint density at radius 1 is 1.28 bits per heavy atom. The second kappa shape index (κ2) is 8.08. The van der Waals surface area contributed by atoms with Gasteiger partial charge in [0, 0.05) is 6.54 Å². The van der Waals surface area contributed by atoms with Crippen molar-refractivity contribution in [1.82, 2.24) is 4.37 Å². The van der Waals surface area contributed by atoms with Crippen LogP contribution >= 0.6 is 11.5 Å². The van der Waals surface area contributed by atoms with Gasteiger partial charge in [-0.3, -0.25) is 0 Å². The van der Waals surface area contributed by atoms with Crippen molar-refractivity contribution in [3.63, 3.8) is 0 Å². The number of hydrogen-bond acceptors (Lipinski definition) is 4. The highest BCUT2D eigenvalue weighted by atomic mass is 32.1. The van der Waals surface area contributed by atoms with Crippen molar-refractivity contribution in [1.29, 1.82) is 0 Å². The highest BCUT2D eigenvalue weighted by molar-refractivity contribution is 7.10. The Hall–Kier alpha value is -1.10. The lowest BCUT2D eigenvalue weighted by atomic mass is 10.1. The first-order chi connectivity index (χ1) is 8.66. The predicted octanol–water partition coefficient (Wildman–Crippen LogP) is 3.92. The molecule has 1 heterocycles. The minimum absolute atomic E-state index is 0.325.